The van der Waals surface area contributed by atoms with E-state index in [-0.39, 0.29) is 30.1 Å². The van der Waals surface area contributed by atoms with Crippen LogP contribution in [0, 0.1) is 5.92 Å². The van der Waals surface area contributed by atoms with Gasteiger partial charge in [0.05, 0.1) is 5.92 Å². The quantitative estimate of drug-likeness (QED) is 0.736. The topological polar surface area (TPSA) is 73.9 Å². The van der Waals surface area contributed by atoms with Crippen LogP contribution in [0.1, 0.15) is 41.6 Å². The molecule has 0 radical (unpaired) electrons. The van der Waals surface area contributed by atoms with Crippen molar-refractivity contribution >= 4 is 11.8 Å². The molecule has 7 heteroatoms. The van der Waals surface area contributed by atoms with Crippen LogP contribution in [0.3, 0.4) is 0 Å². The Hall–Kier alpha value is -2.90. The molecule has 2 aromatic rings. The molecule has 2 saturated heterocycles. The van der Waals surface area contributed by atoms with Crippen molar-refractivity contribution in [3.8, 4) is 5.75 Å². The molecule has 2 aliphatic heterocycles. The van der Waals surface area contributed by atoms with Crippen molar-refractivity contribution in [1.29, 1.82) is 0 Å². The number of fused-ring (bicyclic) bond motifs is 1. The summed E-state index contributed by atoms with van der Waals surface area (Å²) in [6.45, 7) is 3.20. The summed E-state index contributed by atoms with van der Waals surface area (Å²) in [4.78, 5) is 29.8. The van der Waals surface area contributed by atoms with Gasteiger partial charge in [0.25, 0.3) is 5.91 Å². The highest BCUT2D eigenvalue weighted by atomic mass is 16.5. The summed E-state index contributed by atoms with van der Waals surface area (Å²) in [5.41, 5.74) is 1.73. The Labute approximate surface area is 195 Å². The predicted octanol–water partition coefficient (Wildman–Crippen LogP) is 2.59. The van der Waals surface area contributed by atoms with E-state index in [2.05, 4.69) is 15.5 Å². The van der Waals surface area contributed by atoms with Gasteiger partial charge in [-0.25, -0.2) is 0 Å². The standard InChI is InChI=1S/C26H32N4O3/c31-24-22-11-4-5-12-23(22)27-26(28-24)30-15-13-29(14-16-30)25(32)20-9-6-10-21(17-20)33-18-19-7-2-1-3-8-19/h1-3,6-10,17,22-23,26-27H,4-5,11-16,18H2,(H,28,31). The van der Waals surface area contributed by atoms with E-state index in [1.165, 1.54) is 6.42 Å². The normalized spacial score (nSPS) is 25.8. The molecule has 0 aromatic heterocycles. The molecule has 1 saturated carbocycles. The van der Waals surface area contributed by atoms with Gasteiger partial charge in [-0.3, -0.25) is 19.8 Å². The number of hydrogen-bond acceptors (Lipinski definition) is 5. The summed E-state index contributed by atoms with van der Waals surface area (Å²) in [7, 11) is 0. The number of ether oxygens (including phenoxy) is 1. The summed E-state index contributed by atoms with van der Waals surface area (Å²) >= 11 is 0. The summed E-state index contributed by atoms with van der Waals surface area (Å²) in [5.74, 6) is 0.996. The molecule has 2 heterocycles. The maximum absolute atomic E-state index is 13.1. The average Bonchev–Trinajstić information content (AvgIpc) is 2.88. The number of benzene rings is 2. The molecule has 3 fully saturated rings. The number of nitrogens with one attached hydrogen (secondary N) is 2. The van der Waals surface area contributed by atoms with Crippen molar-refractivity contribution in [1.82, 2.24) is 20.4 Å². The molecule has 3 unspecified atom stereocenters. The third-order valence-corrected chi connectivity index (χ3v) is 7.05. The number of piperazine rings is 1. The minimum absolute atomic E-state index is 0.0211. The van der Waals surface area contributed by atoms with Crippen LogP contribution < -0.4 is 15.4 Å². The van der Waals surface area contributed by atoms with Crippen molar-refractivity contribution in [2.45, 2.75) is 44.6 Å². The zero-order chi connectivity index (χ0) is 22.6. The minimum Gasteiger partial charge on any atom is -0.489 e. The van der Waals surface area contributed by atoms with Crippen LogP contribution in [0.4, 0.5) is 0 Å². The number of carbonyl (C=O) groups is 2. The molecule has 0 bridgehead atoms. The van der Waals surface area contributed by atoms with E-state index in [9.17, 15) is 9.59 Å². The largest absolute Gasteiger partial charge is 0.489 e. The molecule has 3 aliphatic rings. The fraction of sp³-hybridized carbons (Fsp3) is 0.462. The molecule has 2 amide bonds. The number of carbonyl (C=O) groups excluding carboxylic acids is 2. The molecule has 5 rings (SSSR count). The second-order valence-electron chi connectivity index (χ2n) is 9.21. The lowest BCUT2D eigenvalue weighted by Gasteiger charge is -2.46. The summed E-state index contributed by atoms with van der Waals surface area (Å²) in [6.07, 6.45) is 4.23. The van der Waals surface area contributed by atoms with E-state index in [4.69, 9.17) is 4.74 Å². The number of rotatable bonds is 5. The van der Waals surface area contributed by atoms with Gasteiger partial charge < -0.3 is 15.0 Å². The van der Waals surface area contributed by atoms with Crippen molar-refractivity contribution in [3.63, 3.8) is 0 Å². The van der Waals surface area contributed by atoms with E-state index < -0.39 is 0 Å². The van der Waals surface area contributed by atoms with E-state index in [0.717, 1.165) is 37.9 Å². The lowest BCUT2D eigenvalue weighted by molar-refractivity contribution is -0.134. The summed E-state index contributed by atoms with van der Waals surface area (Å²) in [5, 5.41) is 6.79. The fourth-order valence-corrected chi connectivity index (χ4v) is 5.15. The first kappa shape index (κ1) is 21.9. The third kappa shape index (κ3) is 5.04. The predicted molar refractivity (Wildman–Crippen MR) is 126 cm³/mol. The second-order valence-corrected chi connectivity index (χ2v) is 9.21. The van der Waals surface area contributed by atoms with Crippen molar-refractivity contribution in [3.05, 3.63) is 65.7 Å². The minimum atomic E-state index is -0.135. The Bertz CT molecular complexity index is 975. The smallest absolute Gasteiger partial charge is 0.254 e. The van der Waals surface area contributed by atoms with Gasteiger partial charge in [0, 0.05) is 37.8 Å². The van der Waals surface area contributed by atoms with Gasteiger partial charge in [0.2, 0.25) is 5.91 Å². The van der Waals surface area contributed by atoms with Crippen LogP contribution in [0.25, 0.3) is 0 Å². The van der Waals surface area contributed by atoms with E-state index in [1.807, 2.05) is 59.5 Å². The number of nitrogens with zero attached hydrogens (tertiary/aromatic N) is 2. The molecule has 33 heavy (non-hydrogen) atoms. The van der Waals surface area contributed by atoms with Crippen molar-refractivity contribution < 1.29 is 14.3 Å². The molecule has 3 atom stereocenters. The zero-order valence-corrected chi connectivity index (χ0v) is 18.9. The number of amides is 2. The van der Waals surface area contributed by atoms with E-state index >= 15 is 0 Å². The Morgan fingerprint density at radius 3 is 2.58 bits per heavy atom. The Morgan fingerprint density at radius 2 is 1.76 bits per heavy atom. The van der Waals surface area contributed by atoms with Crippen LogP contribution in [0.5, 0.6) is 5.75 Å². The van der Waals surface area contributed by atoms with Crippen LogP contribution >= 0.6 is 0 Å². The molecule has 174 valence electrons. The monoisotopic (exact) mass is 448 g/mol. The van der Waals surface area contributed by atoms with Gasteiger partial charge in [0.1, 0.15) is 18.6 Å². The zero-order valence-electron chi connectivity index (χ0n) is 18.9. The Kier molecular flexibility index (Phi) is 6.60. The van der Waals surface area contributed by atoms with Crippen LogP contribution in [-0.4, -0.2) is 60.1 Å². The maximum Gasteiger partial charge on any atom is 0.254 e. The van der Waals surface area contributed by atoms with Crippen molar-refractivity contribution in [2.75, 3.05) is 26.2 Å². The highest BCUT2D eigenvalue weighted by molar-refractivity contribution is 5.94. The van der Waals surface area contributed by atoms with Crippen molar-refractivity contribution in [2.24, 2.45) is 5.92 Å². The first-order chi connectivity index (χ1) is 16.2. The van der Waals surface area contributed by atoms with Crippen LogP contribution in [0.2, 0.25) is 0 Å². The number of hydrogen-bond donors (Lipinski definition) is 2. The van der Waals surface area contributed by atoms with Crippen LogP contribution in [-0.2, 0) is 11.4 Å². The van der Waals surface area contributed by atoms with Gasteiger partial charge >= 0.3 is 0 Å². The average molecular weight is 449 g/mol. The van der Waals surface area contributed by atoms with Crippen LogP contribution in [0.15, 0.2) is 54.6 Å². The molecule has 2 aromatic carbocycles. The van der Waals surface area contributed by atoms with Gasteiger partial charge in [-0.1, -0.05) is 49.2 Å². The molecular weight excluding hydrogens is 416 g/mol. The SMILES string of the molecule is O=C1NC(N2CCN(C(=O)c3cccc(OCc4ccccc4)c3)CC2)NC2CCCCC12. The van der Waals surface area contributed by atoms with E-state index in [1.54, 1.807) is 0 Å². The van der Waals surface area contributed by atoms with Gasteiger partial charge in [-0.05, 0) is 36.6 Å². The van der Waals surface area contributed by atoms with Gasteiger partial charge in [-0.15, -0.1) is 0 Å². The lowest BCUT2D eigenvalue weighted by Crippen LogP contribution is -2.69. The maximum atomic E-state index is 13.1. The molecule has 0 spiro atoms. The summed E-state index contributed by atoms with van der Waals surface area (Å²) in [6, 6.07) is 17.7. The molecule has 7 nitrogen and oxygen atoms in total. The lowest BCUT2D eigenvalue weighted by atomic mass is 9.82. The first-order valence-corrected chi connectivity index (χ1v) is 12.0. The highest BCUT2D eigenvalue weighted by Gasteiger charge is 2.40. The summed E-state index contributed by atoms with van der Waals surface area (Å²) < 4.78 is 5.89. The highest BCUT2D eigenvalue weighted by Crippen LogP contribution is 2.28. The van der Waals surface area contributed by atoms with Gasteiger partial charge in [-0.2, -0.15) is 0 Å². The Morgan fingerprint density at radius 1 is 0.970 bits per heavy atom. The first-order valence-electron chi connectivity index (χ1n) is 12.0. The van der Waals surface area contributed by atoms with Gasteiger partial charge in [0.15, 0.2) is 0 Å². The molecular formula is C26H32N4O3. The second kappa shape index (κ2) is 9.93. The van der Waals surface area contributed by atoms with E-state index in [0.29, 0.717) is 31.0 Å². The third-order valence-electron chi connectivity index (χ3n) is 7.05. The molecule has 2 N–H and O–H groups in total. The Balaban J connectivity index is 1.15. The fourth-order valence-electron chi connectivity index (χ4n) is 5.15. The molecule has 1 aliphatic carbocycles.